The molecule has 0 radical (unpaired) electrons. The van der Waals surface area contributed by atoms with Crippen molar-refractivity contribution in [3.63, 3.8) is 0 Å². The van der Waals surface area contributed by atoms with Crippen LogP contribution in [0.5, 0.6) is 0 Å². The lowest BCUT2D eigenvalue weighted by Crippen LogP contribution is -2.44. The van der Waals surface area contributed by atoms with Crippen molar-refractivity contribution in [1.29, 1.82) is 0 Å². The number of pyridine rings is 1. The van der Waals surface area contributed by atoms with Crippen molar-refractivity contribution in [1.82, 2.24) is 10.3 Å². The Morgan fingerprint density at radius 1 is 0.962 bits per heavy atom. The zero-order chi connectivity index (χ0) is 18.7. The highest BCUT2D eigenvalue weighted by Gasteiger charge is 2.17. The molecule has 2 aromatic carbocycles. The number of benzene rings is 2. The number of anilines is 1. The van der Waals surface area contributed by atoms with Crippen LogP contribution in [-0.2, 0) is 6.54 Å². The van der Waals surface area contributed by atoms with E-state index in [-0.39, 0.29) is 5.54 Å². The van der Waals surface area contributed by atoms with Crippen LogP contribution in [0.15, 0.2) is 48.7 Å². The van der Waals surface area contributed by atoms with Crippen LogP contribution in [0.2, 0.25) is 15.1 Å². The van der Waals surface area contributed by atoms with Gasteiger partial charge in [0, 0.05) is 40.9 Å². The van der Waals surface area contributed by atoms with Crippen LogP contribution in [0, 0.1) is 0 Å². The largest absolute Gasteiger partial charge is 0.383 e. The van der Waals surface area contributed by atoms with Gasteiger partial charge < -0.3 is 10.6 Å². The normalized spacial score (nSPS) is 11.7. The zero-order valence-corrected chi connectivity index (χ0v) is 16.9. The van der Waals surface area contributed by atoms with Crippen LogP contribution in [0.3, 0.4) is 0 Å². The van der Waals surface area contributed by atoms with Gasteiger partial charge in [-0.3, -0.25) is 4.98 Å². The van der Waals surface area contributed by atoms with E-state index in [1.54, 1.807) is 6.20 Å². The van der Waals surface area contributed by atoms with Crippen molar-refractivity contribution in [2.75, 3.05) is 11.9 Å². The molecule has 6 heteroatoms. The first-order chi connectivity index (χ1) is 12.3. The van der Waals surface area contributed by atoms with Crippen molar-refractivity contribution in [3.8, 4) is 0 Å². The Bertz CT molecular complexity index is 925. The van der Waals surface area contributed by atoms with Crippen molar-refractivity contribution in [3.05, 3.63) is 69.3 Å². The first-order valence-electron chi connectivity index (χ1n) is 8.31. The van der Waals surface area contributed by atoms with E-state index in [9.17, 15) is 0 Å². The Morgan fingerprint density at radius 2 is 1.77 bits per heavy atom. The molecule has 0 saturated heterocycles. The molecule has 3 nitrogen and oxygen atoms in total. The molecule has 0 atom stereocenters. The van der Waals surface area contributed by atoms with Gasteiger partial charge in [0.15, 0.2) is 0 Å². The predicted molar refractivity (Wildman–Crippen MR) is 113 cm³/mol. The Morgan fingerprint density at radius 3 is 2.54 bits per heavy atom. The highest BCUT2D eigenvalue weighted by Crippen LogP contribution is 2.25. The third-order valence-electron chi connectivity index (χ3n) is 4.18. The molecule has 3 aromatic rings. The number of rotatable bonds is 6. The van der Waals surface area contributed by atoms with E-state index in [2.05, 4.69) is 29.5 Å². The van der Waals surface area contributed by atoms with Crippen molar-refractivity contribution < 1.29 is 0 Å². The summed E-state index contributed by atoms with van der Waals surface area (Å²) < 4.78 is 0. The molecule has 0 amide bonds. The van der Waals surface area contributed by atoms with Gasteiger partial charge in [-0.05, 0) is 55.8 Å². The summed E-state index contributed by atoms with van der Waals surface area (Å²) >= 11 is 18.1. The molecule has 136 valence electrons. The van der Waals surface area contributed by atoms with Crippen LogP contribution >= 0.6 is 34.8 Å². The fourth-order valence-corrected chi connectivity index (χ4v) is 3.13. The average molecular weight is 409 g/mol. The second kappa shape index (κ2) is 8.01. The summed E-state index contributed by atoms with van der Waals surface area (Å²) in [4.78, 5) is 4.38. The number of fused-ring (bicyclic) bond motifs is 1. The van der Waals surface area contributed by atoms with Gasteiger partial charge in [-0.1, -0.05) is 40.9 Å². The van der Waals surface area contributed by atoms with Crippen LogP contribution in [0.1, 0.15) is 19.4 Å². The maximum atomic E-state index is 6.08. The van der Waals surface area contributed by atoms with E-state index in [1.807, 2.05) is 42.5 Å². The van der Waals surface area contributed by atoms with E-state index >= 15 is 0 Å². The Kier molecular flexibility index (Phi) is 5.93. The number of hydrogen-bond acceptors (Lipinski definition) is 3. The summed E-state index contributed by atoms with van der Waals surface area (Å²) in [6.45, 7) is 5.75. The molecular weight excluding hydrogens is 389 g/mol. The number of halogens is 3. The fourth-order valence-electron chi connectivity index (χ4n) is 2.65. The van der Waals surface area contributed by atoms with Crippen LogP contribution in [0.25, 0.3) is 10.9 Å². The summed E-state index contributed by atoms with van der Waals surface area (Å²) in [5.74, 6) is 0. The van der Waals surface area contributed by atoms with Gasteiger partial charge in [-0.25, -0.2) is 0 Å². The molecule has 1 aromatic heterocycles. The molecule has 0 spiro atoms. The van der Waals surface area contributed by atoms with Gasteiger partial charge in [0.25, 0.3) is 0 Å². The second-order valence-electron chi connectivity index (χ2n) is 6.86. The standard InChI is InChI=1S/C20H20Cl3N3/c1-20(2,26-11-13-3-6-16(22)17(23)9-13)12-25-18-7-8-24-19-10-14(21)4-5-15(18)19/h3-10,26H,11-12H2,1-2H3,(H,24,25). The number of nitrogens with zero attached hydrogens (tertiary/aromatic N) is 1. The van der Waals surface area contributed by atoms with Gasteiger partial charge in [0.05, 0.1) is 15.6 Å². The van der Waals surface area contributed by atoms with Crippen molar-refractivity contribution in [2.45, 2.75) is 25.9 Å². The maximum absolute atomic E-state index is 6.08. The SMILES string of the molecule is CC(C)(CNc1ccnc2cc(Cl)ccc12)NCc1ccc(Cl)c(Cl)c1. The van der Waals surface area contributed by atoms with E-state index in [0.717, 1.165) is 28.7 Å². The Balaban J connectivity index is 1.65. The third-order valence-corrected chi connectivity index (χ3v) is 5.15. The van der Waals surface area contributed by atoms with Crippen LogP contribution < -0.4 is 10.6 Å². The third kappa shape index (κ3) is 4.80. The minimum atomic E-state index is -0.131. The minimum absolute atomic E-state index is 0.131. The average Bonchev–Trinajstić information content (AvgIpc) is 2.61. The van der Waals surface area contributed by atoms with Gasteiger partial charge in [-0.15, -0.1) is 0 Å². The van der Waals surface area contributed by atoms with Gasteiger partial charge in [0.1, 0.15) is 0 Å². The molecule has 3 rings (SSSR count). The fraction of sp³-hybridized carbons (Fsp3) is 0.250. The lowest BCUT2D eigenvalue weighted by molar-refractivity contribution is 0.407. The summed E-state index contributed by atoms with van der Waals surface area (Å²) in [6.07, 6.45) is 1.79. The smallest absolute Gasteiger partial charge is 0.0737 e. The minimum Gasteiger partial charge on any atom is -0.383 e. The molecule has 0 aliphatic heterocycles. The first kappa shape index (κ1) is 19.2. The Labute approximate surface area is 168 Å². The lowest BCUT2D eigenvalue weighted by atomic mass is 10.0. The van der Waals surface area contributed by atoms with Crippen molar-refractivity contribution >= 4 is 51.4 Å². The molecule has 0 fully saturated rings. The molecule has 0 aliphatic carbocycles. The highest BCUT2D eigenvalue weighted by molar-refractivity contribution is 6.42. The van der Waals surface area contributed by atoms with E-state index in [4.69, 9.17) is 34.8 Å². The second-order valence-corrected chi connectivity index (χ2v) is 8.11. The molecule has 0 saturated carbocycles. The molecule has 1 heterocycles. The summed E-state index contributed by atoms with van der Waals surface area (Å²) in [7, 11) is 0. The molecule has 26 heavy (non-hydrogen) atoms. The molecule has 0 unspecified atom stereocenters. The van der Waals surface area contributed by atoms with E-state index < -0.39 is 0 Å². The monoisotopic (exact) mass is 407 g/mol. The van der Waals surface area contributed by atoms with Gasteiger partial charge in [0.2, 0.25) is 0 Å². The van der Waals surface area contributed by atoms with Crippen LogP contribution in [0.4, 0.5) is 5.69 Å². The predicted octanol–water partition coefficient (Wildman–Crippen LogP) is 6.18. The maximum Gasteiger partial charge on any atom is 0.0737 e. The highest BCUT2D eigenvalue weighted by atomic mass is 35.5. The molecular formula is C20H20Cl3N3. The van der Waals surface area contributed by atoms with E-state index in [1.165, 1.54) is 0 Å². The van der Waals surface area contributed by atoms with Crippen molar-refractivity contribution in [2.24, 2.45) is 0 Å². The topological polar surface area (TPSA) is 37.0 Å². The first-order valence-corrected chi connectivity index (χ1v) is 9.44. The summed E-state index contributed by atoms with van der Waals surface area (Å²) in [5, 5.41) is 9.94. The number of hydrogen-bond donors (Lipinski definition) is 2. The lowest BCUT2D eigenvalue weighted by Gasteiger charge is -2.28. The Hall–Kier alpha value is -1.52. The summed E-state index contributed by atoms with van der Waals surface area (Å²) in [6, 6.07) is 13.4. The molecule has 0 aliphatic rings. The van der Waals surface area contributed by atoms with Gasteiger partial charge in [-0.2, -0.15) is 0 Å². The zero-order valence-electron chi connectivity index (χ0n) is 14.6. The quantitative estimate of drug-likeness (QED) is 0.511. The molecule has 2 N–H and O–H groups in total. The molecule has 0 bridgehead atoms. The number of nitrogens with one attached hydrogen (secondary N) is 2. The van der Waals surface area contributed by atoms with E-state index in [0.29, 0.717) is 21.6 Å². The summed E-state index contributed by atoms with van der Waals surface area (Å²) in [5.41, 5.74) is 2.88. The van der Waals surface area contributed by atoms with Crippen LogP contribution in [-0.4, -0.2) is 17.1 Å². The number of aromatic nitrogens is 1. The van der Waals surface area contributed by atoms with Gasteiger partial charge >= 0.3 is 0 Å².